The molecule has 0 aliphatic heterocycles. The van der Waals surface area contributed by atoms with Crippen LogP contribution in [0.3, 0.4) is 0 Å². The summed E-state index contributed by atoms with van der Waals surface area (Å²) in [5.74, 6) is -0.692. The first-order valence-corrected chi connectivity index (χ1v) is 9.40. The van der Waals surface area contributed by atoms with Crippen molar-refractivity contribution in [3.8, 4) is 0 Å². The number of aliphatic carboxylic acids is 1. The molecule has 0 fully saturated rings. The van der Waals surface area contributed by atoms with Crippen LogP contribution in [0.25, 0.3) is 0 Å². The molecule has 0 spiro atoms. The van der Waals surface area contributed by atoms with Gasteiger partial charge in [-0.05, 0) is 25.7 Å². The molecule has 2 N–H and O–H groups in total. The molecule has 3 nitrogen and oxygen atoms in total. The Morgan fingerprint density at radius 2 is 1.57 bits per heavy atom. The van der Waals surface area contributed by atoms with E-state index in [-0.39, 0.29) is 6.10 Å². The van der Waals surface area contributed by atoms with Crippen molar-refractivity contribution in [2.45, 2.75) is 96.5 Å². The number of unbranched alkanes of at least 4 members (excludes halogenated alkanes) is 9. The fourth-order valence-electron chi connectivity index (χ4n) is 2.49. The molecular weight excluding hydrogens is 288 g/mol. The summed E-state index contributed by atoms with van der Waals surface area (Å²) >= 11 is 0. The van der Waals surface area contributed by atoms with Crippen molar-refractivity contribution in [3.63, 3.8) is 0 Å². The summed E-state index contributed by atoms with van der Waals surface area (Å²) in [6.07, 6.45) is 21.3. The standard InChI is InChI=1S/C20H36O3/c1-2-3-4-5-7-10-13-16-19(21)17-14-11-8-6-9-12-15-18-20(22)23/h7,10,13,16,19,21H,2-6,8-9,11-12,14-15,17-18H2,1H3,(H,22,23)/b10-7-,16-13-. The van der Waals surface area contributed by atoms with E-state index in [1.54, 1.807) is 0 Å². The molecule has 0 radical (unpaired) electrons. The van der Waals surface area contributed by atoms with Gasteiger partial charge in [-0.2, -0.15) is 0 Å². The summed E-state index contributed by atoms with van der Waals surface area (Å²) in [7, 11) is 0. The fraction of sp³-hybridized carbons (Fsp3) is 0.750. The van der Waals surface area contributed by atoms with Crippen LogP contribution in [0.4, 0.5) is 0 Å². The number of carbonyl (C=O) groups is 1. The zero-order valence-electron chi connectivity index (χ0n) is 14.9. The van der Waals surface area contributed by atoms with Crippen molar-refractivity contribution in [1.29, 1.82) is 0 Å². The molecule has 0 saturated heterocycles. The van der Waals surface area contributed by atoms with Gasteiger partial charge in [-0.15, -0.1) is 0 Å². The van der Waals surface area contributed by atoms with Crippen molar-refractivity contribution in [2.75, 3.05) is 0 Å². The van der Waals surface area contributed by atoms with Crippen molar-refractivity contribution < 1.29 is 15.0 Å². The Labute approximate surface area is 142 Å². The highest BCUT2D eigenvalue weighted by Gasteiger charge is 1.99. The van der Waals surface area contributed by atoms with Gasteiger partial charge in [0.15, 0.2) is 0 Å². The molecule has 0 saturated carbocycles. The van der Waals surface area contributed by atoms with Crippen LogP contribution in [0.5, 0.6) is 0 Å². The lowest BCUT2D eigenvalue weighted by Gasteiger charge is -2.05. The summed E-state index contributed by atoms with van der Waals surface area (Å²) in [4.78, 5) is 10.4. The average Bonchev–Trinajstić information content (AvgIpc) is 2.52. The number of aliphatic hydroxyl groups is 1. The second-order valence-corrected chi connectivity index (χ2v) is 6.28. The maximum absolute atomic E-state index is 10.4. The summed E-state index contributed by atoms with van der Waals surface area (Å²) in [6, 6.07) is 0. The van der Waals surface area contributed by atoms with Crippen LogP contribution in [0.2, 0.25) is 0 Å². The molecule has 0 bridgehead atoms. The topological polar surface area (TPSA) is 57.5 Å². The molecule has 3 heteroatoms. The molecule has 0 aromatic carbocycles. The molecule has 0 aromatic heterocycles. The van der Waals surface area contributed by atoms with E-state index in [2.05, 4.69) is 13.0 Å². The van der Waals surface area contributed by atoms with Crippen molar-refractivity contribution in [1.82, 2.24) is 0 Å². The number of allylic oxidation sites excluding steroid dienone is 3. The molecular formula is C20H36O3. The van der Waals surface area contributed by atoms with E-state index in [0.717, 1.165) is 44.9 Å². The quantitative estimate of drug-likeness (QED) is 0.285. The van der Waals surface area contributed by atoms with E-state index in [1.165, 1.54) is 32.1 Å². The number of hydrogen-bond acceptors (Lipinski definition) is 2. The summed E-state index contributed by atoms with van der Waals surface area (Å²) in [6.45, 7) is 2.21. The predicted octanol–water partition coefficient (Wildman–Crippen LogP) is 5.64. The Kier molecular flexibility index (Phi) is 16.4. The lowest BCUT2D eigenvalue weighted by atomic mass is 10.1. The minimum atomic E-state index is -0.692. The highest BCUT2D eigenvalue weighted by Crippen LogP contribution is 2.11. The van der Waals surface area contributed by atoms with Crippen LogP contribution < -0.4 is 0 Å². The Morgan fingerprint density at radius 1 is 0.913 bits per heavy atom. The SMILES string of the molecule is CCCCC/C=C\C=C/C(O)CCCCCCCCCC(=O)O. The molecule has 0 amide bonds. The van der Waals surface area contributed by atoms with Crippen molar-refractivity contribution >= 4 is 5.97 Å². The van der Waals surface area contributed by atoms with Crippen molar-refractivity contribution in [2.24, 2.45) is 0 Å². The van der Waals surface area contributed by atoms with Crippen molar-refractivity contribution in [3.05, 3.63) is 24.3 Å². The lowest BCUT2D eigenvalue weighted by Crippen LogP contribution is -2.01. The van der Waals surface area contributed by atoms with Crippen LogP contribution in [0, 0.1) is 0 Å². The third kappa shape index (κ3) is 18.9. The summed E-state index contributed by atoms with van der Waals surface area (Å²) in [5, 5.41) is 18.4. The average molecular weight is 325 g/mol. The second kappa shape index (κ2) is 17.3. The summed E-state index contributed by atoms with van der Waals surface area (Å²) < 4.78 is 0. The zero-order valence-corrected chi connectivity index (χ0v) is 14.9. The molecule has 0 aromatic rings. The summed E-state index contributed by atoms with van der Waals surface area (Å²) in [5.41, 5.74) is 0. The van der Waals surface area contributed by atoms with Crippen LogP contribution in [0.1, 0.15) is 90.4 Å². The van der Waals surface area contributed by atoms with Gasteiger partial charge in [0.05, 0.1) is 6.10 Å². The Hall–Kier alpha value is -1.09. The van der Waals surface area contributed by atoms with Gasteiger partial charge in [-0.1, -0.05) is 82.6 Å². The van der Waals surface area contributed by atoms with E-state index in [4.69, 9.17) is 5.11 Å². The van der Waals surface area contributed by atoms with Crippen LogP contribution in [0.15, 0.2) is 24.3 Å². The number of carboxylic acid groups (broad SMARTS) is 1. The van der Waals surface area contributed by atoms with Gasteiger partial charge >= 0.3 is 5.97 Å². The van der Waals surface area contributed by atoms with Gasteiger partial charge in [0.1, 0.15) is 0 Å². The Balaban J connectivity index is 3.35. The number of carboxylic acids is 1. The molecule has 1 unspecified atom stereocenters. The maximum Gasteiger partial charge on any atom is 0.303 e. The number of hydrogen-bond donors (Lipinski definition) is 2. The first-order valence-electron chi connectivity index (χ1n) is 9.40. The monoisotopic (exact) mass is 324 g/mol. The first-order chi connectivity index (χ1) is 11.2. The molecule has 134 valence electrons. The van der Waals surface area contributed by atoms with Gasteiger partial charge in [-0.25, -0.2) is 0 Å². The minimum absolute atomic E-state index is 0.297. The third-order valence-electron chi connectivity index (χ3n) is 3.95. The largest absolute Gasteiger partial charge is 0.481 e. The predicted molar refractivity (Wildman–Crippen MR) is 97.6 cm³/mol. The minimum Gasteiger partial charge on any atom is -0.481 e. The molecule has 23 heavy (non-hydrogen) atoms. The zero-order chi connectivity index (χ0) is 17.2. The molecule has 0 aliphatic rings. The van der Waals surface area contributed by atoms with Gasteiger partial charge in [-0.3, -0.25) is 4.79 Å². The number of aliphatic hydroxyl groups excluding tert-OH is 1. The van der Waals surface area contributed by atoms with Gasteiger partial charge < -0.3 is 10.2 Å². The van der Waals surface area contributed by atoms with E-state index < -0.39 is 5.97 Å². The van der Waals surface area contributed by atoms with Gasteiger partial charge in [0, 0.05) is 6.42 Å². The fourth-order valence-corrected chi connectivity index (χ4v) is 2.49. The van der Waals surface area contributed by atoms with E-state index in [9.17, 15) is 9.90 Å². The van der Waals surface area contributed by atoms with Crippen LogP contribution >= 0.6 is 0 Å². The van der Waals surface area contributed by atoms with Crippen LogP contribution in [-0.4, -0.2) is 22.3 Å². The van der Waals surface area contributed by atoms with E-state index in [0.29, 0.717) is 6.42 Å². The van der Waals surface area contributed by atoms with Gasteiger partial charge in [0.25, 0.3) is 0 Å². The highest BCUT2D eigenvalue weighted by molar-refractivity contribution is 5.66. The third-order valence-corrected chi connectivity index (χ3v) is 3.95. The van der Waals surface area contributed by atoms with Gasteiger partial charge in [0.2, 0.25) is 0 Å². The molecule has 0 rings (SSSR count). The first kappa shape index (κ1) is 21.9. The smallest absolute Gasteiger partial charge is 0.303 e. The Bertz CT molecular complexity index is 321. The normalized spacial score (nSPS) is 13.1. The number of rotatable bonds is 16. The molecule has 1 atom stereocenters. The Morgan fingerprint density at radius 3 is 2.22 bits per heavy atom. The maximum atomic E-state index is 10.4. The van der Waals surface area contributed by atoms with E-state index >= 15 is 0 Å². The molecule has 0 aliphatic carbocycles. The van der Waals surface area contributed by atoms with E-state index in [1.807, 2.05) is 18.2 Å². The lowest BCUT2D eigenvalue weighted by molar-refractivity contribution is -0.137. The molecule has 0 heterocycles. The second-order valence-electron chi connectivity index (χ2n) is 6.28. The van der Waals surface area contributed by atoms with Crippen LogP contribution in [-0.2, 0) is 4.79 Å². The highest BCUT2D eigenvalue weighted by atomic mass is 16.4.